The average molecular weight is 873 g/mol. The van der Waals surface area contributed by atoms with Crippen molar-refractivity contribution in [3.05, 3.63) is 118 Å². The minimum absolute atomic E-state index is 0.0576. The van der Waals surface area contributed by atoms with Crippen molar-refractivity contribution in [2.45, 2.75) is 64.4 Å². The van der Waals surface area contributed by atoms with Crippen LogP contribution in [0.4, 0.5) is 14.5 Å². The van der Waals surface area contributed by atoms with Gasteiger partial charge in [0.05, 0.1) is 0 Å². The zero-order valence-electron chi connectivity index (χ0n) is 33.4. The number of halogens is 2. The highest BCUT2D eigenvalue weighted by atomic mass is 32.1. The molecule has 1 saturated carbocycles. The van der Waals surface area contributed by atoms with Crippen LogP contribution in [-0.4, -0.2) is 59.8 Å². The standard InChI is InChI=1S/C26H21F2NO5S.C20H25NO4S/c27-19-5-3-6-20(28)23(19)29-26(32)25-24(18-4-1-2-7-21(18)35-25)34-15-14-33-17-11-8-16(9-12-17)10-13-22(30)31;1-2-15(20(23)24)25-17-14-10-6-7-11-16(14)26-18(17)19(22)21-12-13-8-4-3-5-9-13/h1-9,11-12H,10,13-15H2,(H,29,32)(H,30,31);6-7,10-11,13,15H,2-5,8-9,12H2,1H3,(H,21,22)(H,23,24). The fourth-order valence-corrected chi connectivity index (χ4v) is 8.95. The molecule has 15 heteroatoms. The molecular weight excluding hydrogens is 827 g/mol. The molecule has 6 aromatic rings. The first-order valence-electron chi connectivity index (χ1n) is 20.0. The number of carbonyl (C=O) groups excluding carboxylic acids is 2. The van der Waals surface area contributed by atoms with E-state index >= 15 is 0 Å². The molecule has 0 spiro atoms. The number of hydrogen-bond donors (Lipinski definition) is 4. The molecular formula is C46H46F2N2O9S2. The van der Waals surface area contributed by atoms with E-state index in [1.807, 2.05) is 42.5 Å². The van der Waals surface area contributed by atoms with E-state index in [0.29, 0.717) is 52.8 Å². The van der Waals surface area contributed by atoms with E-state index in [2.05, 4.69) is 10.6 Å². The highest BCUT2D eigenvalue weighted by Gasteiger charge is 2.26. The Morgan fingerprint density at radius 2 is 1.33 bits per heavy atom. The van der Waals surface area contributed by atoms with Gasteiger partial charge < -0.3 is 35.1 Å². The second kappa shape index (κ2) is 21.5. The van der Waals surface area contributed by atoms with Crippen molar-refractivity contribution in [2.24, 2.45) is 5.92 Å². The molecule has 0 aliphatic heterocycles. The zero-order chi connectivity index (χ0) is 43.3. The summed E-state index contributed by atoms with van der Waals surface area (Å²) in [6.45, 7) is 2.73. The van der Waals surface area contributed by atoms with Gasteiger partial charge in [-0.05, 0) is 85.7 Å². The number of para-hydroxylation sites is 1. The Balaban J connectivity index is 0.000000213. The van der Waals surface area contributed by atoms with Crippen molar-refractivity contribution in [1.29, 1.82) is 0 Å². The minimum Gasteiger partial charge on any atom is -0.490 e. The van der Waals surface area contributed by atoms with Gasteiger partial charge in [0.2, 0.25) is 0 Å². The molecule has 1 atom stereocenters. The Kier molecular flexibility index (Phi) is 15.6. The molecule has 7 rings (SSSR count). The summed E-state index contributed by atoms with van der Waals surface area (Å²) in [7, 11) is 0. The van der Waals surface area contributed by atoms with Crippen molar-refractivity contribution in [3.8, 4) is 17.2 Å². The molecule has 0 radical (unpaired) electrons. The summed E-state index contributed by atoms with van der Waals surface area (Å²) in [6, 6.07) is 25.3. The summed E-state index contributed by atoms with van der Waals surface area (Å²) in [5.74, 6) is -2.63. The Bertz CT molecular complexity index is 2440. The number of carbonyl (C=O) groups is 4. The van der Waals surface area contributed by atoms with Gasteiger partial charge in [0.15, 0.2) is 17.6 Å². The molecule has 4 N–H and O–H groups in total. The van der Waals surface area contributed by atoms with Crippen LogP contribution in [0.1, 0.15) is 76.8 Å². The van der Waals surface area contributed by atoms with E-state index in [4.69, 9.17) is 19.3 Å². The number of carboxylic acids is 2. The van der Waals surface area contributed by atoms with E-state index in [1.165, 1.54) is 36.7 Å². The fourth-order valence-electron chi connectivity index (χ4n) is 6.86. The summed E-state index contributed by atoms with van der Waals surface area (Å²) >= 11 is 2.51. The molecule has 11 nitrogen and oxygen atoms in total. The van der Waals surface area contributed by atoms with Gasteiger partial charge in [0.25, 0.3) is 11.8 Å². The lowest BCUT2D eigenvalue weighted by atomic mass is 9.89. The van der Waals surface area contributed by atoms with Crippen molar-refractivity contribution in [1.82, 2.24) is 5.32 Å². The maximum Gasteiger partial charge on any atom is 0.344 e. The summed E-state index contributed by atoms with van der Waals surface area (Å²) < 4.78 is 47.1. The molecule has 61 heavy (non-hydrogen) atoms. The lowest BCUT2D eigenvalue weighted by molar-refractivity contribution is -0.145. The van der Waals surface area contributed by atoms with Gasteiger partial charge in [-0.2, -0.15) is 0 Å². The molecule has 0 bridgehead atoms. The van der Waals surface area contributed by atoms with Crippen LogP contribution < -0.4 is 24.8 Å². The van der Waals surface area contributed by atoms with Gasteiger partial charge in [0, 0.05) is 33.1 Å². The van der Waals surface area contributed by atoms with Gasteiger partial charge in [-0.1, -0.05) is 68.7 Å². The van der Waals surface area contributed by atoms with Crippen LogP contribution in [0.25, 0.3) is 20.2 Å². The van der Waals surface area contributed by atoms with Gasteiger partial charge in [-0.3, -0.25) is 14.4 Å². The van der Waals surface area contributed by atoms with Crippen molar-refractivity contribution < 1.29 is 52.4 Å². The second-order valence-corrected chi connectivity index (χ2v) is 16.5. The largest absolute Gasteiger partial charge is 0.490 e. The quantitative estimate of drug-likeness (QED) is 0.0654. The summed E-state index contributed by atoms with van der Waals surface area (Å²) in [5, 5.41) is 24.9. The number of hydrogen-bond acceptors (Lipinski definition) is 9. The molecule has 320 valence electrons. The average Bonchev–Trinajstić information content (AvgIpc) is 3.83. The molecule has 1 fully saturated rings. The van der Waals surface area contributed by atoms with E-state index in [9.17, 15) is 33.1 Å². The number of fused-ring (bicyclic) bond motifs is 2. The highest BCUT2D eigenvalue weighted by molar-refractivity contribution is 7.21. The molecule has 2 amide bonds. The smallest absolute Gasteiger partial charge is 0.344 e. The Hall–Kier alpha value is -6.06. The van der Waals surface area contributed by atoms with Gasteiger partial charge in [-0.25, -0.2) is 13.6 Å². The molecule has 0 saturated heterocycles. The Morgan fingerprint density at radius 3 is 1.93 bits per heavy atom. The van der Waals surface area contributed by atoms with E-state index in [-0.39, 0.29) is 30.4 Å². The number of anilines is 1. The predicted octanol–water partition coefficient (Wildman–Crippen LogP) is 10.4. The lowest BCUT2D eigenvalue weighted by Gasteiger charge is -2.21. The highest BCUT2D eigenvalue weighted by Crippen LogP contribution is 2.40. The van der Waals surface area contributed by atoms with Crippen LogP contribution in [0.3, 0.4) is 0 Å². The van der Waals surface area contributed by atoms with Crippen molar-refractivity contribution in [2.75, 3.05) is 25.1 Å². The maximum atomic E-state index is 14.0. The zero-order valence-corrected chi connectivity index (χ0v) is 35.1. The number of ether oxygens (including phenoxy) is 3. The molecule has 1 aliphatic carbocycles. The van der Waals surface area contributed by atoms with Crippen molar-refractivity contribution in [3.63, 3.8) is 0 Å². The van der Waals surface area contributed by atoms with Gasteiger partial charge in [-0.15, -0.1) is 22.7 Å². The van der Waals surface area contributed by atoms with Crippen LogP contribution in [0.2, 0.25) is 0 Å². The van der Waals surface area contributed by atoms with Crippen LogP contribution in [-0.2, 0) is 16.0 Å². The predicted molar refractivity (Wildman–Crippen MR) is 233 cm³/mol. The monoisotopic (exact) mass is 872 g/mol. The van der Waals surface area contributed by atoms with E-state index in [0.717, 1.165) is 56.7 Å². The lowest BCUT2D eigenvalue weighted by Crippen LogP contribution is -2.31. The number of benzene rings is 4. The number of carboxylic acid groups (broad SMARTS) is 2. The number of rotatable bonds is 17. The van der Waals surface area contributed by atoms with Crippen LogP contribution in [0, 0.1) is 17.6 Å². The van der Waals surface area contributed by atoms with Crippen LogP contribution in [0.5, 0.6) is 17.2 Å². The number of thiophene rings is 2. The van der Waals surface area contributed by atoms with Crippen molar-refractivity contribution >= 4 is 72.3 Å². The first-order chi connectivity index (χ1) is 29.5. The van der Waals surface area contributed by atoms with Crippen LogP contribution >= 0.6 is 22.7 Å². The normalized spacial score (nSPS) is 13.2. The molecule has 1 aliphatic rings. The third-order valence-corrected chi connectivity index (χ3v) is 12.3. The maximum absolute atomic E-state index is 14.0. The number of nitrogens with one attached hydrogen (secondary N) is 2. The first kappa shape index (κ1) is 44.5. The van der Waals surface area contributed by atoms with E-state index < -0.39 is 41.3 Å². The Morgan fingerprint density at radius 1 is 0.738 bits per heavy atom. The van der Waals surface area contributed by atoms with Gasteiger partial charge >= 0.3 is 11.9 Å². The number of amides is 2. The summed E-state index contributed by atoms with van der Waals surface area (Å²) in [6.07, 6.45) is 5.93. The van der Waals surface area contributed by atoms with E-state index in [1.54, 1.807) is 37.3 Å². The third-order valence-electron chi connectivity index (χ3n) is 10.0. The summed E-state index contributed by atoms with van der Waals surface area (Å²) in [5.41, 5.74) is 0.374. The number of aryl methyl sites for hydroxylation is 1. The summed E-state index contributed by atoms with van der Waals surface area (Å²) in [4.78, 5) is 48.4. The molecule has 2 aromatic heterocycles. The first-order valence-corrected chi connectivity index (χ1v) is 21.7. The SMILES string of the molecule is CCC(Oc1c(C(=O)NCC2CCCCC2)sc2ccccc12)C(=O)O.O=C(O)CCc1ccc(OCCOc2c(C(=O)Nc3c(F)cccc3F)sc3ccccc23)cc1. The minimum atomic E-state index is -1.02. The fraction of sp³-hybridized carbons (Fsp3) is 0.304. The van der Waals surface area contributed by atoms with Gasteiger partial charge in [0.1, 0.15) is 46.0 Å². The van der Waals surface area contributed by atoms with Crippen LogP contribution in [0.15, 0.2) is 91.0 Å². The molecule has 4 aromatic carbocycles. The second-order valence-electron chi connectivity index (χ2n) is 14.4. The molecule has 1 unspecified atom stereocenters. The Labute approximate surface area is 359 Å². The number of aliphatic carboxylic acids is 2. The molecule has 2 heterocycles. The topological polar surface area (TPSA) is 160 Å². The third kappa shape index (κ3) is 11.8.